The Morgan fingerprint density at radius 2 is 1.65 bits per heavy atom. The van der Waals surface area contributed by atoms with Crippen molar-refractivity contribution in [1.29, 1.82) is 0 Å². The average Bonchev–Trinajstić information content (AvgIpc) is 2.98. The van der Waals surface area contributed by atoms with E-state index >= 15 is 0 Å². The van der Waals surface area contributed by atoms with E-state index in [-0.39, 0.29) is 32.1 Å². The molecule has 2 saturated heterocycles. The van der Waals surface area contributed by atoms with Gasteiger partial charge in [0.1, 0.15) is 42.7 Å². The number of nitrogens with two attached hydrogens (primary N) is 5. The lowest BCUT2D eigenvalue weighted by molar-refractivity contribution is -0.314. The number of aliphatic hydroxyl groups is 6. The fraction of sp³-hybridized carbons (Fsp3) is 0.960. The van der Waals surface area contributed by atoms with Crippen molar-refractivity contribution in [2.45, 2.75) is 117 Å². The fourth-order valence-electron chi connectivity index (χ4n) is 5.49. The van der Waals surface area contributed by atoms with Crippen molar-refractivity contribution in [3.8, 4) is 0 Å². The quantitative estimate of drug-likeness (QED) is 0.0852. The summed E-state index contributed by atoms with van der Waals surface area (Å²) >= 11 is 0. The van der Waals surface area contributed by atoms with Crippen molar-refractivity contribution >= 4 is 5.91 Å². The lowest BCUT2D eigenvalue weighted by Gasteiger charge is -2.48. The number of amides is 1. The lowest BCUT2D eigenvalue weighted by Crippen LogP contribution is -2.69. The molecule has 1 saturated carbocycles. The maximum Gasteiger partial charge on any atom is 0.249 e. The molecule has 3 aliphatic rings. The maximum atomic E-state index is 12.7. The summed E-state index contributed by atoms with van der Waals surface area (Å²) in [7, 11) is 0. The predicted molar refractivity (Wildman–Crippen MR) is 149 cm³/mol. The third kappa shape index (κ3) is 9.42. The van der Waals surface area contributed by atoms with Crippen LogP contribution in [0.4, 0.5) is 0 Å². The molecule has 2 heterocycles. The topological polar surface area (TPSA) is 330 Å². The molecule has 2 aliphatic heterocycles. The van der Waals surface area contributed by atoms with E-state index in [1.165, 1.54) is 0 Å². The highest BCUT2D eigenvalue weighted by molar-refractivity contribution is 5.80. The monoisotopic (exact) mass is 625 g/mol. The molecule has 0 spiro atoms. The standard InChI is InChI=1S/C25H51N7O11/c26-4-3-15(35)23(39)32-14-5-13(29)21(42-24-12(28)2-1-11(40-24)7-31-6-10(27)8-33)20(38)22(14)43-25-19(37)17(30)18(36)16(9-34)41-25/h10-22,24-25,31,33-38H,1-9,26-30H2,(H,32,39)/t10?,11-,12+,13-,14+,15-,16+,17-,18+,19+,20-,21?,22-,24+,25+/m0/s1. The smallest absolute Gasteiger partial charge is 0.249 e. The number of carbonyl (C=O) groups is 1. The number of rotatable bonds is 14. The molecule has 1 amide bonds. The average molecular weight is 626 g/mol. The van der Waals surface area contributed by atoms with E-state index in [1.54, 1.807) is 0 Å². The first kappa shape index (κ1) is 36.3. The second kappa shape index (κ2) is 16.9. The van der Waals surface area contributed by atoms with Crippen molar-refractivity contribution in [1.82, 2.24) is 10.6 Å². The molecule has 18 heteroatoms. The second-order valence-electron chi connectivity index (χ2n) is 11.6. The summed E-state index contributed by atoms with van der Waals surface area (Å²) in [5.41, 5.74) is 29.8. The van der Waals surface area contributed by atoms with Crippen LogP contribution in [0.3, 0.4) is 0 Å². The summed E-state index contributed by atoms with van der Waals surface area (Å²) in [5, 5.41) is 67.0. The molecule has 18 N–H and O–H groups in total. The Morgan fingerprint density at radius 3 is 2.30 bits per heavy atom. The number of hydrogen-bond donors (Lipinski definition) is 13. The van der Waals surface area contributed by atoms with E-state index in [1.807, 2.05) is 0 Å². The predicted octanol–water partition coefficient (Wildman–Crippen LogP) is -7.45. The molecule has 3 fully saturated rings. The van der Waals surface area contributed by atoms with E-state index in [0.717, 1.165) is 0 Å². The molecular weight excluding hydrogens is 574 g/mol. The van der Waals surface area contributed by atoms with E-state index in [4.69, 9.17) is 52.7 Å². The zero-order chi connectivity index (χ0) is 31.8. The van der Waals surface area contributed by atoms with Crippen molar-refractivity contribution < 1.29 is 54.4 Å². The summed E-state index contributed by atoms with van der Waals surface area (Å²) in [4.78, 5) is 12.7. The van der Waals surface area contributed by atoms with Gasteiger partial charge in [-0.25, -0.2) is 0 Å². The number of ether oxygens (including phenoxy) is 4. The number of hydrogen-bond acceptors (Lipinski definition) is 17. The molecule has 0 bridgehead atoms. The van der Waals surface area contributed by atoms with Gasteiger partial charge in [0.15, 0.2) is 12.6 Å². The van der Waals surface area contributed by atoms with Gasteiger partial charge in [0.2, 0.25) is 5.91 Å². The van der Waals surface area contributed by atoms with Gasteiger partial charge < -0.3 is 88.9 Å². The molecule has 0 aromatic carbocycles. The van der Waals surface area contributed by atoms with Crippen molar-refractivity contribution in [3.05, 3.63) is 0 Å². The van der Waals surface area contributed by atoms with E-state index < -0.39 is 98.0 Å². The van der Waals surface area contributed by atoms with Gasteiger partial charge in [-0.2, -0.15) is 0 Å². The van der Waals surface area contributed by atoms with E-state index in [9.17, 15) is 30.3 Å². The molecule has 15 atom stereocenters. The molecule has 0 radical (unpaired) electrons. The zero-order valence-electron chi connectivity index (χ0n) is 24.1. The highest BCUT2D eigenvalue weighted by Crippen LogP contribution is 2.31. The molecule has 43 heavy (non-hydrogen) atoms. The van der Waals surface area contributed by atoms with Crippen LogP contribution >= 0.6 is 0 Å². The third-order valence-corrected chi connectivity index (χ3v) is 8.12. The largest absolute Gasteiger partial charge is 0.395 e. The van der Waals surface area contributed by atoms with Gasteiger partial charge in [0, 0.05) is 25.2 Å². The third-order valence-electron chi connectivity index (χ3n) is 8.12. The first-order valence-corrected chi connectivity index (χ1v) is 14.7. The van der Waals surface area contributed by atoms with Crippen LogP contribution < -0.4 is 39.3 Å². The van der Waals surface area contributed by atoms with Gasteiger partial charge in [-0.05, 0) is 32.2 Å². The SMILES string of the molecule is NCC[C@H](O)C(=O)N[C@@H]1C[C@H](N)C(O[C@H]2O[C@H](CNCC(N)CO)CC[C@H]2N)[C@H](O)[C@H]1O[C@H]1O[C@H](CO)[C@@H](O)[C@H](N)[C@H]1O. The fourth-order valence-corrected chi connectivity index (χ4v) is 5.49. The van der Waals surface area contributed by atoms with Crippen LogP contribution in [0.2, 0.25) is 0 Å². The van der Waals surface area contributed by atoms with Gasteiger partial charge >= 0.3 is 0 Å². The van der Waals surface area contributed by atoms with Crippen LogP contribution in [0.25, 0.3) is 0 Å². The molecule has 0 aromatic rings. The minimum atomic E-state index is -1.57. The molecule has 0 aromatic heterocycles. The Morgan fingerprint density at radius 1 is 0.953 bits per heavy atom. The minimum absolute atomic E-state index is 0.000388. The Bertz CT molecular complexity index is 851. The molecule has 1 aliphatic carbocycles. The zero-order valence-corrected chi connectivity index (χ0v) is 24.1. The Balaban J connectivity index is 1.76. The van der Waals surface area contributed by atoms with Crippen LogP contribution in [0.15, 0.2) is 0 Å². The number of aliphatic hydroxyl groups excluding tert-OH is 6. The van der Waals surface area contributed by atoms with Gasteiger partial charge in [0.25, 0.3) is 0 Å². The Hall–Kier alpha value is -1.17. The summed E-state index contributed by atoms with van der Waals surface area (Å²) in [6.45, 7) is 0.0438. The highest BCUT2D eigenvalue weighted by Gasteiger charge is 2.51. The molecule has 252 valence electrons. The van der Waals surface area contributed by atoms with E-state index in [0.29, 0.717) is 25.9 Å². The number of nitrogens with one attached hydrogen (secondary N) is 2. The van der Waals surface area contributed by atoms with Crippen molar-refractivity contribution in [3.63, 3.8) is 0 Å². The first-order chi connectivity index (χ1) is 20.4. The first-order valence-electron chi connectivity index (χ1n) is 14.7. The van der Waals surface area contributed by atoms with Crippen LogP contribution in [0.5, 0.6) is 0 Å². The summed E-state index contributed by atoms with van der Waals surface area (Å²) in [6.07, 6.45) is -11.2. The Labute approximate surface area is 250 Å². The maximum absolute atomic E-state index is 12.7. The van der Waals surface area contributed by atoms with E-state index in [2.05, 4.69) is 10.6 Å². The molecule has 3 rings (SSSR count). The second-order valence-corrected chi connectivity index (χ2v) is 11.6. The number of carbonyl (C=O) groups excluding carboxylic acids is 1. The van der Waals surface area contributed by atoms with Gasteiger partial charge in [-0.1, -0.05) is 0 Å². The summed E-state index contributed by atoms with van der Waals surface area (Å²) < 4.78 is 23.7. The van der Waals surface area contributed by atoms with Crippen LogP contribution in [0.1, 0.15) is 25.7 Å². The van der Waals surface area contributed by atoms with Crippen LogP contribution in [-0.4, -0.2) is 161 Å². The summed E-state index contributed by atoms with van der Waals surface area (Å²) in [5.74, 6) is -0.776. The van der Waals surface area contributed by atoms with Gasteiger partial charge in [0.05, 0.1) is 37.4 Å². The normalized spacial score (nSPS) is 41.9. The lowest BCUT2D eigenvalue weighted by atomic mass is 9.83. The molecule has 2 unspecified atom stereocenters. The van der Waals surface area contributed by atoms with Gasteiger partial charge in [-0.3, -0.25) is 4.79 Å². The van der Waals surface area contributed by atoms with Crippen LogP contribution in [0, 0.1) is 0 Å². The Kier molecular flexibility index (Phi) is 14.3. The molecular formula is C25H51N7O11. The van der Waals surface area contributed by atoms with Crippen molar-refractivity contribution in [2.75, 3.05) is 32.8 Å². The van der Waals surface area contributed by atoms with Gasteiger partial charge in [-0.15, -0.1) is 0 Å². The van der Waals surface area contributed by atoms with Crippen molar-refractivity contribution in [2.24, 2.45) is 28.7 Å². The summed E-state index contributed by atoms with van der Waals surface area (Å²) in [6, 6.07) is -4.09. The highest BCUT2D eigenvalue weighted by atomic mass is 16.7. The minimum Gasteiger partial charge on any atom is -0.395 e. The van der Waals surface area contributed by atoms with Crippen LogP contribution in [-0.2, 0) is 23.7 Å². The molecule has 18 nitrogen and oxygen atoms in total.